The van der Waals surface area contributed by atoms with Crippen LogP contribution in [0, 0.1) is 24.0 Å². The monoisotopic (exact) mass is 376 g/mol. The van der Waals surface area contributed by atoms with E-state index in [1.807, 2.05) is 30.3 Å². The van der Waals surface area contributed by atoms with E-state index in [1.165, 1.54) is 4.68 Å². The van der Waals surface area contributed by atoms with Crippen LogP contribution in [0.2, 0.25) is 0 Å². The lowest BCUT2D eigenvalue weighted by Crippen LogP contribution is -2.46. The first-order valence-electron chi connectivity index (χ1n) is 7.93. The van der Waals surface area contributed by atoms with Crippen molar-refractivity contribution in [3.8, 4) is 0 Å². The van der Waals surface area contributed by atoms with Gasteiger partial charge in [0.05, 0.1) is 11.5 Å². The van der Waals surface area contributed by atoms with Gasteiger partial charge in [0, 0.05) is 13.0 Å². The van der Waals surface area contributed by atoms with Crippen molar-refractivity contribution in [1.29, 1.82) is 0 Å². The molecule has 0 unspecified atom stereocenters. The number of thiocarbonyl (C=S) groups is 1. The summed E-state index contributed by atoms with van der Waals surface area (Å²) in [4.78, 5) is 22.4. The minimum absolute atomic E-state index is 0.0187. The third-order valence-electron chi connectivity index (χ3n) is 3.69. The molecule has 26 heavy (non-hydrogen) atoms. The van der Waals surface area contributed by atoms with Gasteiger partial charge in [0.1, 0.15) is 11.4 Å². The zero-order valence-electron chi connectivity index (χ0n) is 14.5. The Hall–Kier alpha value is -3.01. The maximum absolute atomic E-state index is 11.9. The number of aryl methyl sites for hydroxylation is 2. The molecule has 3 N–H and O–H groups in total. The molecule has 0 aliphatic carbocycles. The van der Waals surface area contributed by atoms with Crippen molar-refractivity contribution in [3.63, 3.8) is 0 Å². The molecule has 9 nitrogen and oxygen atoms in total. The van der Waals surface area contributed by atoms with Gasteiger partial charge >= 0.3 is 5.69 Å². The number of hydrazine groups is 1. The molecule has 0 saturated heterocycles. The lowest BCUT2D eigenvalue weighted by molar-refractivity contribution is -0.386. The topological polar surface area (TPSA) is 114 Å². The molecule has 138 valence electrons. The van der Waals surface area contributed by atoms with E-state index in [0.29, 0.717) is 23.0 Å². The second-order valence-corrected chi connectivity index (χ2v) is 6.00. The highest BCUT2D eigenvalue weighted by atomic mass is 32.1. The summed E-state index contributed by atoms with van der Waals surface area (Å²) in [5.74, 6) is -0.302. The average molecular weight is 376 g/mol. The molecule has 0 aliphatic heterocycles. The summed E-state index contributed by atoms with van der Waals surface area (Å²) >= 11 is 5.09. The van der Waals surface area contributed by atoms with Gasteiger partial charge in [0.15, 0.2) is 5.11 Å². The summed E-state index contributed by atoms with van der Waals surface area (Å²) in [6.45, 7) is 3.95. The number of hydrogen-bond acceptors (Lipinski definition) is 5. The molecule has 10 heteroatoms. The fourth-order valence-corrected chi connectivity index (χ4v) is 2.51. The van der Waals surface area contributed by atoms with Crippen LogP contribution < -0.4 is 16.2 Å². The van der Waals surface area contributed by atoms with Gasteiger partial charge in [-0.1, -0.05) is 30.3 Å². The van der Waals surface area contributed by atoms with Crippen molar-refractivity contribution >= 4 is 28.9 Å². The number of rotatable bonds is 6. The van der Waals surface area contributed by atoms with Crippen LogP contribution in [0.3, 0.4) is 0 Å². The second kappa shape index (κ2) is 8.90. The summed E-state index contributed by atoms with van der Waals surface area (Å²) in [5.41, 5.74) is 6.91. The highest BCUT2D eigenvalue weighted by Crippen LogP contribution is 2.21. The maximum Gasteiger partial charge on any atom is 0.312 e. The Morgan fingerprint density at radius 2 is 1.96 bits per heavy atom. The van der Waals surface area contributed by atoms with E-state index >= 15 is 0 Å². The summed E-state index contributed by atoms with van der Waals surface area (Å²) in [7, 11) is 0. The van der Waals surface area contributed by atoms with Gasteiger partial charge in [-0.05, 0) is 31.6 Å². The van der Waals surface area contributed by atoms with E-state index in [2.05, 4.69) is 21.3 Å². The fraction of sp³-hybridized carbons (Fsp3) is 0.312. The lowest BCUT2D eigenvalue weighted by Gasteiger charge is -2.11. The smallest absolute Gasteiger partial charge is 0.312 e. The van der Waals surface area contributed by atoms with E-state index in [-0.39, 0.29) is 24.6 Å². The van der Waals surface area contributed by atoms with Crippen LogP contribution in [0.15, 0.2) is 30.3 Å². The first-order chi connectivity index (χ1) is 12.4. The minimum Gasteiger partial charge on any atom is -0.357 e. The normalized spacial score (nSPS) is 10.2. The zero-order chi connectivity index (χ0) is 19.1. The van der Waals surface area contributed by atoms with E-state index in [0.717, 1.165) is 5.56 Å². The molecular weight excluding hydrogens is 356 g/mol. The van der Waals surface area contributed by atoms with Gasteiger partial charge in [-0.2, -0.15) is 5.10 Å². The van der Waals surface area contributed by atoms with Crippen molar-refractivity contribution in [3.05, 3.63) is 57.4 Å². The molecule has 1 aromatic carbocycles. The molecule has 0 saturated carbocycles. The summed E-state index contributed by atoms with van der Waals surface area (Å²) in [6, 6.07) is 9.71. The molecule has 0 fully saturated rings. The van der Waals surface area contributed by atoms with Gasteiger partial charge in [-0.25, -0.2) is 0 Å². The summed E-state index contributed by atoms with van der Waals surface area (Å²) in [5, 5.41) is 18.3. The third-order valence-corrected chi connectivity index (χ3v) is 3.93. The lowest BCUT2D eigenvalue weighted by atomic mass is 10.2. The number of carbonyl (C=O) groups is 1. The Bertz CT molecular complexity index is 806. The Morgan fingerprint density at radius 1 is 1.27 bits per heavy atom. The average Bonchev–Trinajstić information content (AvgIpc) is 2.90. The molecule has 0 radical (unpaired) electrons. The van der Waals surface area contributed by atoms with Gasteiger partial charge in [-0.15, -0.1) is 0 Å². The van der Waals surface area contributed by atoms with Gasteiger partial charge in [0.25, 0.3) is 0 Å². The Morgan fingerprint density at radius 3 is 2.58 bits per heavy atom. The zero-order valence-corrected chi connectivity index (χ0v) is 15.3. The number of nitro groups is 1. The highest BCUT2D eigenvalue weighted by molar-refractivity contribution is 7.80. The van der Waals surface area contributed by atoms with E-state index in [4.69, 9.17) is 12.2 Å². The minimum atomic E-state index is -0.466. The van der Waals surface area contributed by atoms with Crippen LogP contribution in [0.4, 0.5) is 5.69 Å². The van der Waals surface area contributed by atoms with Gasteiger partial charge in [0.2, 0.25) is 5.91 Å². The highest BCUT2D eigenvalue weighted by Gasteiger charge is 2.21. The van der Waals surface area contributed by atoms with Crippen molar-refractivity contribution in [2.24, 2.45) is 0 Å². The first kappa shape index (κ1) is 19.3. The number of carbonyl (C=O) groups excluding carboxylic acids is 1. The number of benzene rings is 1. The number of aromatic nitrogens is 2. The van der Waals surface area contributed by atoms with E-state index in [9.17, 15) is 14.9 Å². The summed E-state index contributed by atoms with van der Waals surface area (Å²) in [6.07, 6.45) is 0.105. The third kappa shape index (κ3) is 5.24. The van der Waals surface area contributed by atoms with Crippen molar-refractivity contribution in [2.75, 3.05) is 0 Å². The van der Waals surface area contributed by atoms with Crippen LogP contribution in [-0.2, 0) is 17.9 Å². The van der Waals surface area contributed by atoms with Crippen molar-refractivity contribution < 1.29 is 9.72 Å². The SMILES string of the molecule is Cc1nn(CCC(=O)NNC(=S)NCc2ccccc2)c(C)c1[N+](=O)[O-]. The first-order valence-corrected chi connectivity index (χ1v) is 8.34. The maximum atomic E-state index is 11.9. The molecule has 1 amide bonds. The van der Waals surface area contributed by atoms with Gasteiger partial charge < -0.3 is 5.32 Å². The molecule has 0 spiro atoms. The number of nitrogens with zero attached hydrogens (tertiary/aromatic N) is 3. The number of amides is 1. The standard InChI is InChI=1S/C16H20N6O3S/c1-11-15(22(24)25)12(2)21(20-11)9-8-14(23)18-19-16(26)17-10-13-6-4-3-5-7-13/h3-7H,8-10H2,1-2H3,(H,18,23)(H2,17,19,26). The molecule has 1 aromatic heterocycles. The van der Waals surface area contributed by atoms with Gasteiger partial charge in [-0.3, -0.25) is 30.4 Å². The van der Waals surface area contributed by atoms with Crippen LogP contribution in [-0.4, -0.2) is 25.7 Å². The quantitative estimate of drug-likeness (QED) is 0.398. The van der Waals surface area contributed by atoms with Crippen molar-refractivity contribution in [1.82, 2.24) is 25.9 Å². The Balaban J connectivity index is 1.74. The molecule has 0 aliphatic rings. The Kier molecular flexibility index (Phi) is 6.61. The van der Waals surface area contributed by atoms with Crippen LogP contribution in [0.25, 0.3) is 0 Å². The summed E-state index contributed by atoms with van der Waals surface area (Å²) < 4.78 is 1.46. The number of nitrogens with one attached hydrogen (secondary N) is 3. The second-order valence-electron chi connectivity index (χ2n) is 5.59. The Labute approximate surface area is 155 Å². The van der Waals surface area contributed by atoms with Crippen molar-refractivity contribution in [2.45, 2.75) is 33.4 Å². The molecule has 1 heterocycles. The van der Waals surface area contributed by atoms with Crippen LogP contribution in [0.5, 0.6) is 0 Å². The number of hydrogen-bond donors (Lipinski definition) is 3. The molecule has 0 atom stereocenters. The predicted molar refractivity (Wildman–Crippen MR) is 100 cm³/mol. The predicted octanol–water partition coefficient (Wildman–Crippen LogP) is 1.49. The van der Waals surface area contributed by atoms with E-state index < -0.39 is 4.92 Å². The van der Waals surface area contributed by atoms with Crippen LogP contribution >= 0.6 is 12.2 Å². The molecule has 2 aromatic rings. The molecule has 0 bridgehead atoms. The largest absolute Gasteiger partial charge is 0.357 e. The van der Waals surface area contributed by atoms with E-state index in [1.54, 1.807) is 13.8 Å². The molecular formula is C16H20N6O3S. The van der Waals surface area contributed by atoms with Crippen LogP contribution in [0.1, 0.15) is 23.4 Å². The molecule has 2 rings (SSSR count). The fourth-order valence-electron chi connectivity index (χ4n) is 2.39.